The Balaban J connectivity index is 1.13. The van der Waals surface area contributed by atoms with Gasteiger partial charge in [0.2, 0.25) is 0 Å². The number of para-hydroxylation sites is 1. The van der Waals surface area contributed by atoms with Crippen molar-refractivity contribution in [2.45, 2.75) is 32.4 Å². The van der Waals surface area contributed by atoms with Gasteiger partial charge in [0, 0.05) is 45.5 Å². The Morgan fingerprint density at radius 2 is 1.83 bits per heavy atom. The van der Waals surface area contributed by atoms with E-state index in [1.807, 2.05) is 18.3 Å². The van der Waals surface area contributed by atoms with Crippen LogP contribution in [0.4, 0.5) is 10.1 Å². The molecule has 0 radical (unpaired) electrons. The van der Waals surface area contributed by atoms with Crippen LogP contribution in [0.25, 0.3) is 32.1 Å². The summed E-state index contributed by atoms with van der Waals surface area (Å²) in [5, 5.41) is 7.94. The van der Waals surface area contributed by atoms with Crippen molar-refractivity contribution in [1.29, 1.82) is 0 Å². The molecule has 1 N–H and O–H groups in total. The first-order chi connectivity index (χ1) is 17.1. The van der Waals surface area contributed by atoms with Gasteiger partial charge in [0.1, 0.15) is 5.82 Å². The Labute approximate surface area is 210 Å². The van der Waals surface area contributed by atoms with Gasteiger partial charge in [-0.25, -0.2) is 4.39 Å². The molecule has 0 fully saturated rings. The molecule has 3 aromatic carbocycles. The topological polar surface area (TPSA) is 28.2 Å². The zero-order valence-electron chi connectivity index (χ0n) is 20.2. The molecule has 0 aliphatic rings. The van der Waals surface area contributed by atoms with Crippen LogP contribution in [0.2, 0.25) is 0 Å². The molecule has 0 aliphatic carbocycles. The predicted octanol–water partition coefficient (Wildman–Crippen LogP) is 7.97. The van der Waals surface area contributed by atoms with E-state index in [2.05, 4.69) is 83.1 Å². The minimum Gasteiger partial charge on any atom is -0.382 e. The van der Waals surface area contributed by atoms with Gasteiger partial charge in [-0.2, -0.15) is 0 Å². The first kappa shape index (κ1) is 23.5. The van der Waals surface area contributed by atoms with Gasteiger partial charge in [0.15, 0.2) is 0 Å². The monoisotopic (exact) mass is 483 g/mol. The van der Waals surface area contributed by atoms with Crippen LogP contribution in [0.3, 0.4) is 0 Å². The summed E-state index contributed by atoms with van der Waals surface area (Å²) in [6.45, 7) is 4.20. The summed E-state index contributed by atoms with van der Waals surface area (Å²) in [5.74, 6) is -0.186. The highest BCUT2D eigenvalue weighted by Gasteiger charge is 2.10. The van der Waals surface area contributed by atoms with Gasteiger partial charge in [-0.3, -0.25) is 4.98 Å². The summed E-state index contributed by atoms with van der Waals surface area (Å²) in [5.41, 5.74) is 5.70. The smallest absolute Gasteiger partial charge is 0.123 e. The number of nitrogens with one attached hydrogen (secondary N) is 1. The standard InChI is InChI=1S/C30H30FN3S/c1-21(33-29-15-16-32-28-8-4-3-7-25(28)29)6-5-17-34(2)19-22-9-11-23(12-10-22)27-20-35-30-14-13-24(31)18-26(27)30/h3-4,7-16,18,20-21H,5-6,17,19H2,1-2H3,(H,32,33). The molecule has 2 aromatic heterocycles. The van der Waals surface area contributed by atoms with Crippen molar-refractivity contribution in [2.75, 3.05) is 18.9 Å². The summed E-state index contributed by atoms with van der Waals surface area (Å²) < 4.78 is 14.8. The average Bonchev–Trinajstić information content (AvgIpc) is 3.28. The van der Waals surface area contributed by atoms with E-state index in [9.17, 15) is 4.39 Å². The van der Waals surface area contributed by atoms with Crippen molar-refractivity contribution in [1.82, 2.24) is 9.88 Å². The molecule has 178 valence electrons. The summed E-state index contributed by atoms with van der Waals surface area (Å²) >= 11 is 1.66. The van der Waals surface area contributed by atoms with Crippen LogP contribution in [0, 0.1) is 5.82 Å². The van der Waals surface area contributed by atoms with Gasteiger partial charge in [-0.1, -0.05) is 42.5 Å². The van der Waals surface area contributed by atoms with Crippen LogP contribution in [-0.4, -0.2) is 29.5 Å². The van der Waals surface area contributed by atoms with Crippen LogP contribution in [0.1, 0.15) is 25.3 Å². The van der Waals surface area contributed by atoms with Gasteiger partial charge in [0.05, 0.1) is 5.52 Å². The zero-order chi connectivity index (χ0) is 24.2. The number of nitrogens with zero attached hydrogens (tertiary/aromatic N) is 2. The maximum atomic E-state index is 13.7. The van der Waals surface area contributed by atoms with Crippen molar-refractivity contribution < 1.29 is 4.39 Å². The maximum absolute atomic E-state index is 13.7. The van der Waals surface area contributed by atoms with Crippen molar-refractivity contribution >= 4 is 38.0 Å². The van der Waals surface area contributed by atoms with E-state index in [4.69, 9.17) is 0 Å². The van der Waals surface area contributed by atoms with E-state index in [0.717, 1.165) is 58.3 Å². The van der Waals surface area contributed by atoms with Crippen molar-refractivity contribution in [3.8, 4) is 11.1 Å². The summed E-state index contributed by atoms with van der Waals surface area (Å²) in [6.07, 6.45) is 4.09. The number of benzene rings is 3. The van der Waals surface area contributed by atoms with Crippen LogP contribution in [0.5, 0.6) is 0 Å². The lowest BCUT2D eigenvalue weighted by Crippen LogP contribution is -2.22. The fraction of sp³-hybridized carbons (Fsp3) is 0.233. The van der Waals surface area contributed by atoms with Gasteiger partial charge in [0.25, 0.3) is 0 Å². The highest BCUT2D eigenvalue weighted by atomic mass is 32.1. The van der Waals surface area contributed by atoms with Crippen LogP contribution < -0.4 is 5.32 Å². The van der Waals surface area contributed by atoms with E-state index < -0.39 is 0 Å². The normalized spacial score (nSPS) is 12.5. The number of rotatable bonds is 9. The predicted molar refractivity (Wildman–Crippen MR) is 148 cm³/mol. The highest BCUT2D eigenvalue weighted by Crippen LogP contribution is 2.34. The Bertz CT molecular complexity index is 1420. The Kier molecular flexibility index (Phi) is 7.07. The molecule has 5 aromatic rings. The Morgan fingerprint density at radius 3 is 2.69 bits per heavy atom. The number of pyridine rings is 1. The fourth-order valence-electron chi connectivity index (χ4n) is 4.63. The molecule has 3 nitrogen and oxygen atoms in total. The largest absolute Gasteiger partial charge is 0.382 e. The Morgan fingerprint density at radius 1 is 1.00 bits per heavy atom. The van der Waals surface area contributed by atoms with Gasteiger partial charge in [-0.05, 0) is 80.2 Å². The third kappa shape index (κ3) is 5.53. The summed E-state index contributed by atoms with van der Waals surface area (Å²) in [4.78, 5) is 6.82. The summed E-state index contributed by atoms with van der Waals surface area (Å²) in [7, 11) is 2.18. The lowest BCUT2D eigenvalue weighted by Gasteiger charge is -2.20. The molecule has 2 heterocycles. The molecule has 1 atom stereocenters. The summed E-state index contributed by atoms with van der Waals surface area (Å²) in [6, 6.07) is 24.4. The van der Waals surface area contributed by atoms with Crippen molar-refractivity contribution in [2.24, 2.45) is 0 Å². The van der Waals surface area contributed by atoms with Gasteiger partial charge in [-0.15, -0.1) is 11.3 Å². The minimum atomic E-state index is -0.186. The third-order valence-corrected chi connectivity index (χ3v) is 7.44. The second-order valence-corrected chi connectivity index (χ2v) is 10.2. The second-order valence-electron chi connectivity index (χ2n) is 9.29. The van der Waals surface area contributed by atoms with Crippen molar-refractivity contribution in [3.05, 3.63) is 95.8 Å². The number of hydrogen-bond acceptors (Lipinski definition) is 4. The molecule has 1 unspecified atom stereocenters. The van der Waals surface area contributed by atoms with E-state index >= 15 is 0 Å². The molecule has 0 saturated carbocycles. The van der Waals surface area contributed by atoms with Gasteiger partial charge >= 0.3 is 0 Å². The average molecular weight is 484 g/mol. The molecular formula is C30H30FN3S. The van der Waals surface area contributed by atoms with Gasteiger partial charge < -0.3 is 10.2 Å². The number of thiophene rings is 1. The number of fused-ring (bicyclic) bond motifs is 2. The molecule has 5 heteroatoms. The molecule has 0 saturated heterocycles. The Hall–Kier alpha value is -3.28. The molecule has 0 amide bonds. The van der Waals surface area contributed by atoms with E-state index in [1.165, 1.54) is 17.0 Å². The number of aromatic nitrogens is 1. The number of halogens is 1. The van der Waals surface area contributed by atoms with Crippen LogP contribution >= 0.6 is 11.3 Å². The highest BCUT2D eigenvalue weighted by molar-refractivity contribution is 7.17. The molecular weight excluding hydrogens is 453 g/mol. The zero-order valence-corrected chi connectivity index (χ0v) is 21.0. The van der Waals surface area contributed by atoms with Crippen LogP contribution in [0.15, 0.2) is 84.4 Å². The van der Waals surface area contributed by atoms with E-state index in [1.54, 1.807) is 17.4 Å². The van der Waals surface area contributed by atoms with Crippen molar-refractivity contribution in [3.63, 3.8) is 0 Å². The van der Waals surface area contributed by atoms with E-state index in [-0.39, 0.29) is 5.82 Å². The molecule has 0 bridgehead atoms. The number of anilines is 1. The lowest BCUT2D eigenvalue weighted by molar-refractivity contribution is 0.316. The van der Waals surface area contributed by atoms with Crippen LogP contribution in [-0.2, 0) is 6.54 Å². The number of hydrogen-bond donors (Lipinski definition) is 1. The SMILES string of the molecule is CC(CCCN(C)Cc1ccc(-c2csc3ccc(F)cc23)cc1)Nc1ccnc2ccccc12. The minimum absolute atomic E-state index is 0.186. The molecule has 0 aliphatic heterocycles. The van der Waals surface area contributed by atoms with E-state index in [0.29, 0.717) is 6.04 Å². The maximum Gasteiger partial charge on any atom is 0.123 e. The quantitative estimate of drug-likeness (QED) is 0.230. The lowest BCUT2D eigenvalue weighted by atomic mass is 10.0. The second kappa shape index (κ2) is 10.5. The first-order valence-corrected chi connectivity index (χ1v) is 13.0. The molecule has 5 rings (SSSR count). The molecule has 0 spiro atoms. The molecule has 35 heavy (non-hydrogen) atoms. The third-order valence-electron chi connectivity index (χ3n) is 6.48. The fourth-order valence-corrected chi connectivity index (χ4v) is 5.58. The first-order valence-electron chi connectivity index (χ1n) is 12.1.